The van der Waals surface area contributed by atoms with Crippen LogP contribution < -0.4 is 4.74 Å². The van der Waals surface area contributed by atoms with Gasteiger partial charge >= 0.3 is 0 Å². The molecule has 1 aromatic carbocycles. The molecule has 1 unspecified atom stereocenters. The first-order chi connectivity index (χ1) is 9.13. The maximum atomic E-state index is 10.3. The molecule has 1 N–H and O–H groups in total. The molecule has 1 aromatic rings. The molecule has 0 spiro atoms. The number of aliphatic hydroxyl groups is 1. The summed E-state index contributed by atoms with van der Waals surface area (Å²) >= 11 is 0. The largest absolute Gasteiger partial charge is 0.497 e. The smallest absolute Gasteiger partial charge is 0.119 e. The third-order valence-corrected chi connectivity index (χ3v) is 4.18. The van der Waals surface area contributed by atoms with Crippen LogP contribution in [0.1, 0.15) is 37.3 Å². The fourth-order valence-electron chi connectivity index (χ4n) is 3.26. The van der Waals surface area contributed by atoms with Crippen LogP contribution in [0.2, 0.25) is 0 Å². The van der Waals surface area contributed by atoms with Gasteiger partial charge in [-0.15, -0.1) is 0 Å². The second kappa shape index (κ2) is 6.40. The normalized spacial score (nSPS) is 25.3. The minimum Gasteiger partial charge on any atom is -0.497 e. The highest BCUT2D eigenvalue weighted by molar-refractivity contribution is 5.31. The monoisotopic (exact) mass is 263 g/mol. The van der Waals surface area contributed by atoms with Gasteiger partial charge in [-0.05, 0) is 44.6 Å². The van der Waals surface area contributed by atoms with Crippen LogP contribution >= 0.6 is 0 Å². The lowest BCUT2D eigenvalue weighted by Gasteiger charge is -2.38. The topological polar surface area (TPSA) is 32.7 Å². The van der Waals surface area contributed by atoms with E-state index in [-0.39, 0.29) is 12.1 Å². The number of aliphatic hydroxyl groups excluding tert-OH is 1. The van der Waals surface area contributed by atoms with Gasteiger partial charge in [0.1, 0.15) is 5.75 Å². The average Bonchev–Trinajstić information content (AvgIpc) is 2.41. The molecule has 0 amide bonds. The van der Waals surface area contributed by atoms with Gasteiger partial charge in [0, 0.05) is 12.0 Å². The zero-order chi connectivity index (χ0) is 13.8. The highest BCUT2D eigenvalue weighted by Gasteiger charge is 2.33. The van der Waals surface area contributed by atoms with Gasteiger partial charge < -0.3 is 14.7 Å². The number of methoxy groups -OCH3 is 1. The Morgan fingerprint density at radius 3 is 2.63 bits per heavy atom. The van der Waals surface area contributed by atoms with Crippen molar-refractivity contribution in [1.29, 1.82) is 0 Å². The van der Waals surface area contributed by atoms with E-state index in [1.54, 1.807) is 7.11 Å². The first kappa shape index (κ1) is 14.4. The average molecular weight is 263 g/mol. The summed E-state index contributed by atoms with van der Waals surface area (Å²) in [6.07, 6.45) is 4.21. The second-order valence-corrected chi connectivity index (χ2v) is 5.70. The Labute approximate surface area is 116 Å². The second-order valence-electron chi connectivity index (χ2n) is 5.70. The molecule has 2 rings (SSSR count). The third-order valence-electron chi connectivity index (χ3n) is 4.18. The van der Waals surface area contributed by atoms with Crippen molar-refractivity contribution >= 4 is 0 Å². The van der Waals surface area contributed by atoms with Crippen molar-refractivity contribution in [3.63, 3.8) is 0 Å². The van der Waals surface area contributed by atoms with Gasteiger partial charge in [-0.2, -0.15) is 0 Å². The maximum absolute atomic E-state index is 10.3. The van der Waals surface area contributed by atoms with Crippen LogP contribution in [-0.2, 0) is 0 Å². The molecule has 0 heterocycles. The first-order valence-corrected chi connectivity index (χ1v) is 7.12. The molecule has 3 heteroatoms. The van der Waals surface area contributed by atoms with Gasteiger partial charge in [0.15, 0.2) is 0 Å². The highest BCUT2D eigenvalue weighted by atomic mass is 16.5. The van der Waals surface area contributed by atoms with Gasteiger partial charge in [0.05, 0.1) is 13.2 Å². The summed E-state index contributed by atoms with van der Waals surface area (Å²) in [4.78, 5) is 2.22. The zero-order valence-corrected chi connectivity index (χ0v) is 12.2. The first-order valence-electron chi connectivity index (χ1n) is 7.12. The number of benzene rings is 1. The van der Waals surface area contributed by atoms with Crippen LogP contribution in [0.3, 0.4) is 0 Å². The van der Waals surface area contributed by atoms with E-state index in [0.717, 1.165) is 25.0 Å². The van der Waals surface area contributed by atoms with E-state index < -0.39 is 0 Å². The number of hydrogen-bond donors (Lipinski definition) is 1. The molecule has 0 radical (unpaired) electrons. The van der Waals surface area contributed by atoms with E-state index >= 15 is 0 Å². The van der Waals surface area contributed by atoms with Crippen LogP contribution in [0.5, 0.6) is 5.75 Å². The standard InChI is InChI=1S/C16H25NO2/c1-17(2)16(14-9-4-5-10-15(14)18)12-7-6-8-13(11-12)19-3/h6-8,11,14-16,18H,4-5,9-10H2,1-3H3/t14-,15+,16?/m0/s1. The molecule has 1 aliphatic carbocycles. The lowest BCUT2D eigenvalue weighted by atomic mass is 9.78. The molecule has 19 heavy (non-hydrogen) atoms. The van der Waals surface area contributed by atoms with Crippen LogP contribution in [0, 0.1) is 5.92 Å². The molecule has 1 fully saturated rings. The molecule has 0 aliphatic heterocycles. The summed E-state index contributed by atoms with van der Waals surface area (Å²) in [6, 6.07) is 8.47. The van der Waals surface area contributed by atoms with E-state index in [1.165, 1.54) is 12.0 Å². The van der Waals surface area contributed by atoms with Crippen LogP contribution in [-0.4, -0.2) is 37.3 Å². The predicted octanol–water partition coefficient (Wildman–Crippen LogP) is 2.85. The number of nitrogens with zero attached hydrogens (tertiary/aromatic N) is 1. The summed E-state index contributed by atoms with van der Waals surface area (Å²) in [5.74, 6) is 1.20. The molecule has 0 bridgehead atoms. The third kappa shape index (κ3) is 3.28. The van der Waals surface area contributed by atoms with E-state index in [0.29, 0.717) is 5.92 Å². The lowest BCUT2D eigenvalue weighted by molar-refractivity contribution is 0.0220. The molecule has 0 saturated heterocycles. The minimum atomic E-state index is -0.188. The van der Waals surface area contributed by atoms with Gasteiger partial charge in [-0.25, -0.2) is 0 Å². The van der Waals surface area contributed by atoms with E-state index in [4.69, 9.17) is 4.74 Å². The van der Waals surface area contributed by atoms with Crippen molar-refractivity contribution in [3.05, 3.63) is 29.8 Å². The predicted molar refractivity (Wildman–Crippen MR) is 77.4 cm³/mol. The van der Waals surface area contributed by atoms with Gasteiger partial charge in [-0.3, -0.25) is 0 Å². The lowest BCUT2D eigenvalue weighted by Crippen LogP contribution is -2.36. The Bertz CT molecular complexity index is 405. The quantitative estimate of drug-likeness (QED) is 0.906. The Morgan fingerprint density at radius 1 is 1.26 bits per heavy atom. The number of hydrogen-bond acceptors (Lipinski definition) is 3. The van der Waals surface area contributed by atoms with Crippen molar-refractivity contribution in [2.75, 3.05) is 21.2 Å². The Morgan fingerprint density at radius 2 is 2.00 bits per heavy atom. The maximum Gasteiger partial charge on any atom is 0.119 e. The van der Waals surface area contributed by atoms with Crippen molar-refractivity contribution in [2.45, 2.75) is 37.8 Å². The summed E-state index contributed by atoms with van der Waals surface area (Å²) in [6.45, 7) is 0. The molecular weight excluding hydrogens is 238 g/mol. The molecule has 1 aliphatic rings. The Hall–Kier alpha value is -1.06. The van der Waals surface area contributed by atoms with Crippen LogP contribution in [0.25, 0.3) is 0 Å². The van der Waals surface area contributed by atoms with Crippen molar-refractivity contribution in [1.82, 2.24) is 4.90 Å². The van der Waals surface area contributed by atoms with Crippen LogP contribution in [0.4, 0.5) is 0 Å². The number of rotatable bonds is 4. The van der Waals surface area contributed by atoms with Crippen molar-refractivity contribution in [3.8, 4) is 5.75 Å². The summed E-state index contributed by atoms with van der Waals surface area (Å²) in [5.41, 5.74) is 1.23. The summed E-state index contributed by atoms with van der Waals surface area (Å²) in [7, 11) is 5.87. The Balaban J connectivity index is 2.28. The molecular formula is C16H25NO2. The molecule has 3 nitrogen and oxygen atoms in total. The molecule has 1 saturated carbocycles. The molecule has 106 valence electrons. The highest BCUT2D eigenvalue weighted by Crippen LogP contribution is 2.38. The summed E-state index contributed by atoms with van der Waals surface area (Å²) in [5, 5.41) is 10.3. The number of ether oxygens (including phenoxy) is 1. The van der Waals surface area contributed by atoms with E-state index in [2.05, 4.69) is 31.1 Å². The van der Waals surface area contributed by atoms with E-state index in [9.17, 15) is 5.11 Å². The van der Waals surface area contributed by atoms with E-state index in [1.807, 2.05) is 12.1 Å². The zero-order valence-electron chi connectivity index (χ0n) is 12.2. The fourth-order valence-corrected chi connectivity index (χ4v) is 3.26. The van der Waals surface area contributed by atoms with Crippen molar-refractivity contribution < 1.29 is 9.84 Å². The van der Waals surface area contributed by atoms with Crippen molar-refractivity contribution in [2.24, 2.45) is 5.92 Å². The Kier molecular flexibility index (Phi) is 4.83. The molecule has 3 atom stereocenters. The molecule has 0 aromatic heterocycles. The van der Waals surface area contributed by atoms with Crippen LogP contribution in [0.15, 0.2) is 24.3 Å². The SMILES string of the molecule is COc1cccc(C([C@H]2CCCC[C@H]2O)N(C)C)c1. The minimum absolute atomic E-state index is 0.188. The summed E-state index contributed by atoms with van der Waals surface area (Å²) < 4.78 is 5.32. The fraction of sp³-hybridized carbons (Fsp3) is 0.625. The van der Waals surface area contributed by atoms with Gasteiger partial charge in [-0.1, -0.05) is 25.0 Å². The van der Waals surface area contributed by atoms with Gasteiger partial charge in [0.25, 0.3) is 0 Å². The van der Waals surface area contributed by atoms with Gasteiger partial charge in [0.2, 0.25) is 0 Å².